The zero-order chi connectivity index (χ0) is 19.2. The van der Waals surface area contributed by atoms with Gasteiger partial charge in [-0.25, -0.2) is 0 Å². The summed E-state index contributed by atoms with van der Waals surface area (Å²) in [5.74, 6) is 1.24. The highest BCUT2D eigenvalue weighted by Gasteiger charge is 2.34. The molecule has 0 aromatic carbocycles. The maximum Gasteiger partial charge on any atom is 0.401 e. The standard InChI is InChI=1S/C17H32F3N5O/c1-13(2)9-24-6-7-26-15(11-24)8-22-16(21-3)23-14-4-5-25(10-14)12-17(18,19)20/h13-15H,4-12H2,1-3H3,(H2,21,22,23). The normalized spacial score (nSPS) is 26.5. The van der Waals surface area contributed by atoms with Crippen LogP contribution in [-0.4, -0.2) is 93.5 Å². The summed E-state index contributed by atoms with van der Waals surface area (Å²) in [5.41, 5.74) is 0. The summed E-state index contributed by atoms with van der Waals surface area (Å²) in [6, 6.07) is -0.0201. The molecule has 0 saturated carbocycles. The van der Waals surface area contributed by atoms with Crippen molar-refractivity contribution in [2.75, 3.05) is 59.5 Å². The minimum absolute atomic E-state index is 0.0201. The first-order chi connectivity index (χ1) is 12.2. The van der Waals surface area contributed by atoms with E-state index in [1.165, 1.54) is 4.90 Å². The first-order valence-corrected chi connectivity index (χ1v) is 9.35. The van der Waals surface area contributed by atoms with Gasteiger partial charge in [0.25, 0.3) is 0 Å². The highest BCUT2D eigenvalue weighted by molar-refractivity contribution is 5.80. The van der Waals surface area contributed by atoms with Crippen molar-refractivity contribution in [2.45, 2.75) is 38.6 Å². The van der Waals surface area contributed by atoms with Gasteiger partial charge in [-0.2, -0.15) is 13.2 Å². The van der Waals surface area contributed by atoms with Crippen LogP contribution in [0.2, 0.25) is 0 Å². The first kappa shape index (κ1) is 21.2. The van der Waals surface area contributed by atoms with Crippen molar-refractivity contribution in [1.29, 1.82) is 0 Å². The summed E-state index contributed by atoms with van der Waals surface area (Å²) in [5, 5.41) is 6.47. The number of rotatable bonds is 6. The van der Waals surface area contributed by atoms with Crippen molar-refractivity contribution < 1.29 is 17.9 Å². The van der Waals surface area contributed by atoms with E-state index >= 15 is 0 Å². The maximum absolute atomic E-state index is 12.5. The number of ether oxygens (including phenoxy) is 1. The average molecular weight is 379 g/mol. The van der Waals surface area contributed by atoms with Crippen LogP contribution < -0.4 is 10.6 Å². The number of halogens is 3. The van der Waals surface area contributed by atoms with E-state index in [-0.39, 0.29) is 12.1 Å². The van der Waals surface area contributed by atoms with Gasteiger partial charge in [-0.3, -0.25) is 14.8 Å². The van der Waals surface area contributed by atoms with Crippen molar-refractivity contribution in [3.05, 3.63) is 0 Å². The van der Waals surface area contributed by atoms with Crippen LogP contribution in [0.5, 0.6) is 0 Å². The van der Waals surface area contributed by atoms with E-state index in [4.69, 9.17) is 4.74 Å². The third kappa shape index (κ3) is 7.67. The lowest BCUT2D eigenvalue weighted by Gasteiger charge is -2.34. The smallest absolute Gasteiger partial charge is 0.374 e. The molecule has 0 aromatic heterocycles. The average Bonchev–Trinajstić information content (AvgIpc) is 2.96. The van der Waals surface area contributed by atoms with Gasteiger partial charge in [0, 0.05) is 52.4 Å². The predicted octanol–water partition coefficient (Wildman–Crippen LogP) is 1.14. The van der Waals surface area contributed by atoms with Crippen LogP contribution in [0.25, 0.3) is 0 Å². The molecule has 2 atom stereocenters. The second kappa shape index (κ2) is 9.75. The van der Waals surface area contributed by atoms with E-state index < -0.39 is 12.7 Å². The third-order valence-corrected chi connectivity index (χ3v) is 4.58. The van der Waals surface area contributed by atoms with Crippen LogP contribution >= 0.6 is 0 Å². The third-order valence-electron chi connectivity index (χ3n) is 4.58. The fraction of sp³-hybridized carbons (Fsp3) is 0.941. The summed E-state index contributed by atoms with van der Waals surface area (Å²) in [6.07, 6.45) is -3.38. The number of guanidine groups is 1. The van der Waals surface area contributed by atoms with Gasteiger partial charge in [0.15, 0.2) is 5.96 Å². The monoisotopic (exact) mass is 379 g/mol. The maximum atomic E-state index is 12.5. The van der Waals surface area contributed by atoms with E-state index in [0.717, 1.165) is 26.2 Å². The molecule has 2 rings (SSSR count). The number of nitrogens with one attached hydrogen (secondary N) is 2. The summed E-state index contributed by atoms with van der Waals surface area (Å²) in [7, 11) is 1.67. The molecule has 26 heavy (non-hydrogen) atoms. The molecular formula is C17H32F3N5O. The molecule has 0 radical (unpaired) electrons. The highest BCUT2D eigenvalue weighted by Crippen LogP contribution is 2.19. The molecule has 0 bridgehead atoms. The van der Waals surface area contributed by atoms with Gasteiger partial charge in [-0.1, -0.05) is 13.8 Å². The van der Waals surface area contributed by atoms with Crippen LogP contribution in [0.1, 0.15) is 20.3 Å². The van der Waals surface area contributed by atoms with E-state index in [9.17, 15) is 13.2 Å². The number of morpholine rings is 1. The molecule has 2 heterocycles. The van der Waals surface area contributed by atoms with Gasteiger partial charge >= 0.3 is 6.18 Å². The van der Waals surface area contributed by atoms with Gasteiger partial charge in [0.05, 0.1) is 19.3 Å². The minimum Gasteiger partial charge on any atom is -0.374 e. The molecule has 2 N–H and O–H groups in total. The number of nitrogens with zero attached hydrogens (tertiary/aromatic N) is 3. The molecule has 6 nitrogen and oxygen atoms in total. The van der Waals surface area contributed by atoms with Crippen LogP contribution in [0.3, 0.4) is 0 Å². The lowest BCUT2D eigenvalue weighted by molar-refractivity contribution is -0.143. The van der Waals surface area contributed by atoms with Crippen molar-refractivity contribution >= 4 is 5.96 Å². The van der Waals surface area contributed by atoms with E-state index in [0.29, 0.717) is 37.9 Å². The zero-order valence-electron chi connectivity index (χ0n) is 16.0. The Morgan fingerprint density at radius 2 is 2.00 bits per heavy atom. The molecule has 9 heteroatoms. The second-order valence-corrected chi connectivity index (χ2v) is 7.58. The van der Waals surface area contributed by atoms with Gasteiger partial charge < -0.3 is 15.4 Å². The number of aliphatic imine (C=N–C) groups is 1. The Bertz CT molecular complexity index is 458. The van der Waals surface area contributed by atoms with Crippen molar-refractivity contribution in [1.82, 2.24) is 20.4 Å². The van der Waals surface area contributed by atoms with Crippen LogP contribution in [0.15, 0.2) is 4.99 Å². The fourth-order valence-corrected chi connectivity index (χ4v) is 3.53. The topological polar surface area (TPSA) is 52.1 Å². The van der Waals surface area contributed by atoms with Gasteiger partial charge in [0.1, 0.15) is 0 Å². The van der Waals surface area contributed by atoms with Gasteiger partial charge in [-0.15, -0.1) is 0 Å². The second-order valence-electron chi connectivity index (χ2n) is 7.58. The fourth-order valence-electron chi connectivity index (χ4n) is 3.53. The quantitative estimate of drug-likeness (QED) is 0.536. The number of alkyl halides is 3. The molecule has 2 aliphatic rings. The summed E-state index contributed by atoms with van der Waals surface area (Å²) >= 11 is 0. The zero-order valence-corrected chi connectivity index (χ0v) is 16.0. The summed E-state index contributed by atoms with van der Waals surface area (Å²) in [4.78, 5) is 8.02. The Kier molecular flexibility index (Phi) is 7.97. The molecule has 2 aliphatic heterocycles. The minimum atomic E-state index is -4.14. The summed E-state index contributed by atoms with van der Waals surface area (Å²) < 4.78 is 43.3. The summed E-state index contributed by atoms with van der Waals surface area (Å²) in [6.45, 7) is 8.64. The molecule has 0 aromatic rings. The Morgan fingerprint density at radius 3 is 2.65 bits per heavy atom. The molecule has 2 unspecified atom stereocenters. The van der Waals surface area contributed by atoms with Crippen molar-refractivity contribution in [3.8, 4) is 0 Å². The Hall–Kier alpha value is -1.06. The molecule has 0 aliphatic carbocycles. The van der Waals surface area contributed by atoms with Crippen molar-refractivity contribution in [3.63, 3.8) is 0 Å². The van der Waals surface area contributed by atoms with Crippen LogP contribution in [0.4, 0.5) is 13.2 Å². The van der Waals surface area contributed by atoms with Gasteiger partial charge in [-0.05, 0) is 12.3 Å². The molecular weight excluding hydrogens is 347 g/mol. The molecule has 0 amide bonds. The largest absolute Gasteiger partial charge is 0.401 e. The highest BCUT2D eigenvalue weighted by atomic mass is 19.4. The van der Waals surface area contributed by atoms with Crippen LogP contribution in [0, 0.1) is 5.92 Å². The number of likely N-dealkylation sites (tertiary alicyclic amines) is 1. The molecule has 0 spiro atoms. The predicted molar refractivity (Wildman–Crippen MR) is 96.4 cm³/mol. The Morgan fingerprint density at radius 1 is 1.23 bits per heavy atom. The first-order valence-electron chi connectivity index (χ1n) is 9.35. The SMILES string of the molecule is CN=C(NCC1CN(CC(C)C)CCO1)NC1CCN(CC(F)(F)F)C1. The number of hydrogen-bond donors (Lipinski definition) is 2. The lowest BCUT2D eigenvalue weighted by Crippen LogP contribution is -2.51. The van der Waals surface area contributed by atoms with Crippen LogP contribution in [-0.2, 0) is 4.74 Å². The van der Waals surface area contributed by atoms with E-state index in [1.807, 2.05) is 0 Å². The lowest BCUT2D eigenvalue weighted by atomic mass is 10.2. The molecule has 152 valence electrons. The molecule has 2 fully saturated rings. The number of hydrogen-bond acceptors (Lipinski definition) is 4. The Balaban J connectivity index is 1.71. The van der Waals surface area contributed by atoms with E-state index in [2.05, 4.69) is 34.4 Å². The van der Waals surface area contributed by atoms with E-state index in [1.54, 1.807) is 7.05 Å². The molecule has 2 saturated heterocycles. The Labute approximate surface area is 154 Å². The van der Waals surface area contributed by atoms with Gasteiger partial charge in [0.2, 0.25) is 0 Å². The van der Waals surface area contributed by atoms with Crippen molar-refractivity contribution in [2.24, 2.45) is 10.9 Å².